The van der Waals surface area contributed by atoms with Crippen LogP contribution in [0.5, 0.6) is 11.5 Å². The number of methoxy groups -OCH3 is 2. The highest BCUT2D eigenvalue weighted by molar-refractivity contribution is 7.87. The summed E-state index contributed by atoms with van der Waals surface area (Å²) in [5.41, 5.74) is 0.661. The highest BCUT2D eigenvalue weighted by atomic mass is 32.2. The first-order chi connectivity index (χ1) is 13.7. The molecule has 0 radical (unpaired) electrons. The van der Waals surface area contributed by atoms with Crippen LogP contribution in [0.2, 0.25) is 0 Å². The lowest BCUT2D eigenvalue weighted by Gasteiger charge is -2.35. The zero-order valence-electron chi connectivity index (χ0n) is 17.3. The van der Waals surface area contributed by atoms with Gasteiger partial charge >= 0.3 is 0 Å². The van der Waals surface area contributed by atoms with Crippen molar-refractivity contribution < 1.29 is 22.6 Å². The van der Waals surface area contributed by atoms with Gasteiger partial charge in [0.05, 0.1) is 26.4 Å². The first-order valence-corrected chi connectivity index (χ1v) is 10.8. The van der Waals surface area contributed by atoms with Crippen molar-refractivity contribution in [3.05, 3.63) is 42.0 Å². The Morgan fingerprint density at radius 3 is 2.21 bits per heavy atom. The summed E-state index contributed by atoms with van der Waals surface area (Å²) in [6, 6.07) is 4.56. The molecule has 0 amide bonds. The molecule has 160 valence electrons. The second kappa shape index (κ2) is 8.70. The van der Waals surface area contributed by atoms with E-state index in [1.165, 1.54) is 4.31 Å². The van der Waals surface area contributed by atoms with Gasteiger partial charge in [-0.15, -0.1) is 0 Å². The normalized spacial score (nSPS) is 21.7. The third-order valence-electron chi connectivity index (χ3n) is 4.82. The number of benzene rings is 1. The maximum absolute atomic E-state index is 13.2. The molecule has 0 unspecified atom stereocenters. The number of hydrogen-bond acceptors (Lipinski definition) is 6. The molecule has 2 aromatic rings. The van der Waals surface area contributed by atoms with Gasteiger partial charge in [0.15, 0.2) is 0 Å². The third kappa shape index (κ3) is 4.89. The minimum absolute atomic E-state index is 0.182. The van der Waals surface area contributed by atoms with Gasteiger partial charge in [-0.25, -0.2) is 4.98 Å². The molecule has 3 atom stereocenters. The Hall–Kier alpha value is -2.14. The Kier molecular flexibility index (Phi) is 6.47. The molecule has 1 aliphatic heterocycles. The van der Waals surface area contributed by atoms with Gasteiger partial charge < -0.3 is 18.8 Å². The van der Waals surface area contributed by atoms with Crippen LogP contribution in [0, 0.1) is 0 Å². The first-order valence-electron chi connectivity index (χ1n) is 9.36. The standard InChI is InChI=1S/C19H28N4O5S/c1-13-11-23(12-14(2)28-13)29(24,25)21-18(19-20-6-7-22(19)3)15-8-16(26-4)10-17(9-15)27-5/h6-10,13-14,18,21H,11-12H2,1-5H3/t13-,14+,18-/m1/s1. The van der Waals surface area contributed by atoms with Gasteiger partial charge in [0.25, 0.3) is 10.2 Å². The van der Waals surface area contributed by atoms with E-state index in [1.54, 1.807) is 49.4 Å². The second-order valence-electron chi connectivity index (χ2n) is 7.17. The molecule has 29 heavy (non-hydrogen) atoms. The van der Waals surface area contributed by atoms with Crippen LogP contribution in [0.1, 0.15) is 31.3 Å². The summed E-state index contributed by atoms with van der Waals surface area (Å²) in [6.07, 6.45) is 3.04. The largest absolute Gasteiger partial charge is 0.497 e. The van der Waals surface area contributed by atoms with E-state index in [0.717, 1.165) is 0 Å². The zero-order chi connectivity index (χ0) is 21.2. The minimum atomic E-state index is -3.81. The van der Waals surface area contributed by atoms with E-state index in [9.17, 15) is 8.42 Å². The number of nitrogens with zero attached hydrogens (tertiary/aromatic N) is 3. The highest BCUT2D eigenvalue weighted by Crippen LogP contribution is 2.30. The Labute approximate surface area is 171 Å². The number of aromatic nitrogens is 2. The lowest BCUT2D eigenvalue weighted by Crippen LogP contribution is -2.52. The molecule has 2 heterocycles. The Morgan fingerprint density at radius 2 is 1.72 bits per heavy atom. The molecule has 1 N–H and O–H groups in total. The summed E-state index contributed by atoms with van der Waals surface area (Å²) < 4.78 is 48.9. The Morgan fingerprint density at radius 1 is 1.14 bits per heavy atom. The number of morpholine rings is 1. The van der Waals surface area contributed by atoms with Crippen molar-refractivity contribution in [3.8, 4) is 11.5 Å². The van der Waals surface area contributed by atoms with E-state index < -0.39 is 16.3 Å². The SMILES string of the molecule is COc1cc(OC)cc([C@@H](NS(=O)(=O)N2C[C@@H](C)O[C@@H](C)C2)c2nccn2C)c1. The Balaban J connectivity index is 2.01. The van der Waals surface area contributed by atoms with Crippen molar-refractivity contribution in [2.45, 2.75) is 32.1 Å². The summed E-state index contributed by atoms with van der Waals surface area (Å²) in [6.45, 7) is 4.30. The molecule has 1 fully saturated rings. The molecule has 10 heteroatoms. The van der Waals surface area contributed by atoms with E-state index in [4.69, 9.17) is 14.2 Å². The van der Waals surface area contributed by atoms with Crippen LogP contribution in [0.25, 0.3) is 0 Å². The van der Waals surface area contributed by atoms with Crippen molar-refractivity contribution in [1.29, 1.82) is 0 Å². The predicted octanol–water partition coefficient (Wildman–Crippen LogP) is 1.47. The fraction of sp³-hybridized carbons (Fsp3) is 0.526. The van der Waals surface area contributed by atoms with Gasteiger partial charge in [-0.1, -0.05) is 0 Å². The fourth-order valence-corrected chi connectivity index (χ4v) is 4.97. The molecule has 0 bridgehead atoms. The summed E-state index contributed by atoms with van der Waals surface area (Å²) in [5, 5.41) is 0. The average molecular weight is 425 g/mol. The van der Waals surface area contributed by atoms with Crippen molar-refractivity contribution in [2.75, 3.05) is 27.3 Å². The summed E-state index contributed by atoms with van der Waals surface area (Å²) in [4.78, 5) is 4.37. The summed E-state index contributed by atoms with van der Waals surface area (Å²) >= 11 is 0. The van der Waals surface area contributed by atoms with E-state index in [-0.39, 0.29) is 25.3 Å². The van der Waals surface area contributed by atoms with Gasteiger partial charge in [0, 0.05) is 38.6 Å². The molecule has 1 aliphatic rings. The van der Waals surface area contributed by atoms with Crippen LogP contribution in [0.4, 0.5) is 0 Å². The molecular formula is C19H28N4O5S. The van der Waals surface area contributed by atoms with Crippen LogP contribution >= 0.6 is 0 Å². The van der Waals surface area contributed by atoms with Gasteiger partial charge in [-0.3, -0.25) is 0 Å². The maximum atomic E-state index is 13.2. The highest BCUT2D eigenvalue weighted by Gasteiger charge is 2.34. The number of aryl methyl sites for hydroxylation is 1. The predicted molar refractivity (Wildman–Crippen MR) is 108 cm³/mol. The zero-order valence-corrected chi connectivity index (χ0v) is 18.1. The number of imidazole rings is 1. The third-order valence-corrected chi connectivity index (χ3v) is 6.33. The molecule has 0 spiro atoms. The summed E-state index contributed by atoms with van der Waals surface area (Å²) in [7, 11) is 1.11. The van der Waals surface area contributed by atoms with Crippen LogP contribution < -0.4 is 14.2 Å². The van der Waals surface area contributed by atoms with Crippen LogP contribution in [0.3, 0.4) is 0 Å². The molecular weight excluding hydrogens is 396 g/mol. The van der Waals surface area contributed by atoms with E-state index in [2.05, 4.69) is 9.71 Å². The van der Waals surface area contributed by atoms with E-state index in [0.29, 0.717) is 22.9 Å². The molecule has 9 nitrogen and oxygen atoms in total. The molecule has 1 aromatic heterocycles. The second-order valence-corrected chi connectivity index (χ2v) is 8.87. The molecule has 0 aliphatic carbocycles. The van der Waals surface area contributed by atoms with Crippen LogP contribution in [-0.2, 0) is 22.0 Å². The smallest absolute Gasteiger partial charge is 0.280 e. The van der Waals surface area contributed by atoms with Crippen LogP contribution in [0.15, 0.2) is 30.6 Å². The van der Waals surface area contributed by atoms with Crippen molar-refractivity contribution in [2.24, 2.45) is 7.05 Å². The Bertz CT molecular complexity index is 914. The number of rotatable bonds is 7. The molecule has 1 aromatic carbocycles. The lowest BCUT2D eigenvalue weighted by molar-refractivity contribution is -0.0444. The lowest BCUT2D eigenvalue weighted by atomic mass is 10.1. The van der Waals surface area contributed by atoms with Crippen LogP contribution in [-0.4, -0.2) is 61.8 Å². The van der Waals surface area contributed by atoms with Crippen molar-refractivity contribution >= 4 is 10.2 Å². The number of nitrogens with one attached hydrogen (secondary N) is 1. The van der Waals surface area contributed by atoms with Crippen molar-refractivity contribution in [3.63, 3.8) is 0 Å². The minimum Gasteiger partial charge on any atom is -0.497 e. The number of ether oxygens (including phenoxy) is 3. The summed E-state index contributed by atoms with van der Waals surface area (Å²) in [5.74, 6) is 1.68. The van der Waals surface area contributed by atoms with Gasteiger partial charge in [-0.2, -0.15) is 17.4 Å². The average Bonchev–Trinajstić information content (AvgIpc) is 3.10. The van der Waals surface area contributed by atoms with E-state index >= 15 is 0 Å². The first kappa shape index (κ1) is 21.6. The van der Waals surface area contributed by atoms with Gasteiger partial charge in [0.1, 0.15) is 23.4 Å². The van der Waals surface area contributed by atoms with Gasteiger partial charge in [-0.05, 0) is 31.5 Å². The molecule has 1 saturated heterocycles. The van der Waals surface area contributed by atoms with Gasteiger partial charge in [0.2, 0.25) is 0 Å². The molecule has 3 rings (SSSR count). The monoisotopic (exact) mass is 424 g/mol. The van der Waals surface area contributed by atoms with Crippen molar-refractivity contribution in [1.82, 2.24) is 18.6 Å². The quantitative estimate of drug-likeness (QED) is 0.723. The topological polar surface area (TPSA) is 94.9 Å². The number of hydrogen-bond donors (Lipinski definition) is 1. The fourth-order valence-electron chi connectivity index (χ4n) is 3.47. The molecule has 0 saturated carbocycles. The maximum Gasteiger partial charge on any atom is 0.280 e. The van der Waals surface area contributed by atoms with E-state index in [1.807, 2.05) is 20.9 Å².